The number of carbonyl (C=O) groups excluding carboxylic acids is 1. The van der Waals surface area contributed by atoms with Crippen molar-refractivity contribution < 1.29 is 9.90 Å². The van der Waals surface area contributed by atoms with Crippen molar-refractivity contribution in [2.24, 2.45) is 5.73 Å². The second-order valence-corrected chi connectivity index (χ2v) is 4.83. The predicted octanol–water partition coefficient (Wildman–Crippen LogP) is 2.81. The number of hydrogen-bond donors (Lipinski definition) is 2. The third-order valence-electron chi connectivity index (χ3n) is 3.47. The molecule has 2 aromatic carbocycles. The molecule has 4 heteroatoms. The number of primary amides is 1. The van der Waals surface area contributed by atoms with E-state index in [0.717, 1.165) is 16.6 Å². The molecule has 0 spiro atoms. The van der Waals surface area contributed by atoms with Gasteiger partial charge in [0, 0.05) is 11.1 Å². The van der Waals surface area contributed by atoms with Crippen LogP contribution >= 0.6 is 0 Å². The van der Waals surface area contributed by atoms with E-state index in [4.69, 9.17) is 5.73 Å². The zero-order chi connectivity index (χ0) is 15.7. The van der Waals surface area contributed by atoms with Gasteiger partial charge in [-0.2, -0.15) is 0 Å². The molecule has 108 valence electrons. The number of nitrogens with two attached hydrogens (primary N) is 1. The van der Waals surface area contributed by atoms with Gasteiger partial charge < -0.3 is 15.4 Å². The van der Waals surface area contributed by atoms with Crippen LogP contribution in [0.5, 0.6) is 5.75 Å². The number of phenolic OH excluding ortho intramolecular Hbond substituents is 1. The number of carbonyl (C=O) groups is 1. The molecule has 4 nitrogen and oxygen atoms in total. The first-order valence-electron chi connectivity index (χ1n) is 6.79. The minimum absolute atomic E-state index is 0.179. The van der Waals surface area contributed by atoms with Crippen molar-refractivity contribution in [1.82, 2.24) is 4.57 Å². The summed E-state index contributed by atoms with van der Waals surface area (Å²) < 4.78 is 1.88. The van der Waals surface area contributed by atoms with Crippen LogP contribution in [-0.2, 0) is 0 Å². The molecule has 0 radical (unpaired) electrons. The van der Waals surface area contributed by atoms with E-state index in [-0.39, 0.29) is 5.75 Å². The summed E-state index contributed by atoms with van der Waals surface area (Å²) in [5, 5.41) is 10.2. The largest absolute Gasteiger partial charge is 0.508 e. The lowest BCUT2D eigenvalue weighted by Gasteiger charge is -2.08. The van der Waals surface area contributed by atoms with E-state index >= 15 is 0 Å². The van der Waals surface area contributed by atoms with Crippen molar-refractivity contribution in [3.63, 3.8) is 0 Å². The van der Waals surface area contributed by atoms with E-state index in [1.807, 2.05) is 28.8 Å². The van der Waals surface area contributed by atoms with Gasteiger partial charge >= 0.3 is 0 Å². The normalized spacial score (nSPS) is 10.2. The van der Waals surface area contributed by atoms with Crippen molar-refractivity contribution in [3.05, 3.63) is 59.8 Å². The number of nitrogens with zero attached hydrogens (tertiary/aromatic N) is 1. The molecule has 3 rings (SSSR count). The van der Waals surface area contributed by atoms with Gasteiger partial charge in [0.05, 0.1) is 11.1 Å². The topological polar surface area (TPSA) is 68.2 Å². The fraction of sp³-hybridized carbons (Fsp3) is 0.0556. The molecular weight excluding hydrogens is 276 g/mol. The molecule has 22 heavy (non-hydrogen) atoms. The number of fused-ring (bicyclic) bond motifs is 1. The third kappa shape index (κ3) is 2.09. The number of phenols is 1. The summed E-state index contributed by atoms with van der Waals surface area (Å²) >= 11 is 0. The van der Waals surface area contributed by atoms with Gasteiger partial charge in [-0.05, 0) is 43.2 Å². The summed E-state index contributed by atoms with van der Waals surface area (Å²) in [5.74, 6) is 5.48. The first kappa shape index (κ1) is 13.8. The molecule has 0 bridgehead atoms. The molecular formula is C18H14N2O2. The molecule has 0 saturated heterocycles. The summed E-state index contributed by atoms with van der Waals surface area (Å²) in [6, 6.07) is 14.3. The quantitative estimate of drug-likeness (QED) is 0.713. The average molecular weight is 290 g/mol. The summed E-state index contributed by atoms with van der Waals surface area (Å²) in [6.07, 6.45) is 0. The fourth-order valence-corrected chi connectivity index (χ4v) is 2.60. The highest BCUT2D eigenvalue weighted by atomic mass is 16.3. The lowest BCUT2D eigenvalue weighted by Crippen LogP contribution is -2.13. The highest BCUT2D eigenvalue weighted by Gasteiger charge is 2.20. The van der Waals surface area contributed by atoms with Crippen LogP contribution in [0.25, 0.3) is 16.6 Å². The smallest absolute Gasteiger partial charge is 0.252 e. The van der Waals surface area contributed by atoms with Gasteiger partial charge in [-0.3, -0.25) is 4.79 Å². The zero-order valence-corrected chi connectivity index (χ0v) is 12.0. The van der Waals surface area contributed by atoms with E-state index in [9.17, 15) is 9.90 Å². The molecule has 0 fully saturated rings. The van der Waals surface area contributed by atoms with Gasteiger partial charge in [0.25, 0.3) is 5.91 Å². The standard InChI is InChI=1S/C18H14N2O2/c1-2-5-16-17(18(19)22)14-6-3-4-7-15(14)20(16)12-8-10-13(21)11-9-12/h3-4,6-11,21H,1H3,(H2,19,22). The number of benzene rings is 2. The van der Waals surface area contributed by atoms with Crippen molar-refractivity contribution in [2.45, 2.75) is 6.92 Å². The number of para-hydroxylation sites is 1. The van der Waals surface area contributed by atoms with E-state index < -0.39 is 5.91 Å². The molecule has 0 unspecified atom stereocenters. The summed E-state index contributed by atoms with van der Waals surface area (Å²) in [4.78, 5) is 11.9. The monoisotopic (exact) mass is 290 g/mol. The van der Waals surface area contributed by atoms with Gasteiger partial charge in [0.15, 0.2) is 0 Å². The van der Waals surface area contributed by atoms with Crippen molar-refractivity contribution >= 4 is 16.8 Å². The highest BCUT2D eigenvalue weighted by molar-refractivity contribution is 6.09. The number of aromatic hydroxyl groups is 1. The van der Waals surface area contributed by atoms with Gasteiger partial charge in [0.2, 0.25) is 0 Å². The lowest BCUT2D eigenvalue weighted by atomic mass is 10.1. The Labute approximate surface area is 127 Å². The van der Waals surface area contributed by atoms with Crippen LogP contribution in [0.3, 0.4) is 0 Å². The third-order valence-corrected chi connectivity index (χ3v) is 3.47. The number of hydrogen-bond acceptors (Lipinski definition) is 2. The van der Waals surface area contributed by atoms with Crippen molar-refractivity contribution in [1.29, 1.82) is 0 Å². The van der Waals surface area contributed by atoms with Gasteiger partial charge in [-0.25, -0.2) is 0 Å². The van der Waals surface area contributed by atoms with Crippen LogP contribution in [0.1, 0.15) is 23.0 Å². The Morgan fingerprint density at radius 3 is 2.45 bits per heavy atom. The van der Waals surface area contributed by atoms with Gasteiger partial charge in [-0.15, -0.1) is 0 Å². The average Bonchev–Trinajstić information content (AvgIpc) is 2.83. The Kier molecular flexibility index (Phi) is 3.32. The maximum absolute atomic E-state index is 11.9. The van der Waals surface area contributed by atoms with E-state index in [2.05, 4.69) is 11.8 Å². The molecule has 3 aromatic rings. The van der Waals surface area contributed by atoms with Gasteiger partial charge in [0.1, 0.15) is 11.4 Å². The van der Waals surface area contributed by atoms with E-state index in [1.54, 1.807) is 31.2 Å². The number of rotatable bonds is 2. The number of aromatic nitrogens is 1. The SMILES string of the molecule is CC#Cc1c(C(N)=O)c2ccccc2n1-c1ccc(O)cc1. The minimum atomic E-state index is -0.508. The van der Waals surface area contributed by atoms with Crippen LogP contribution in [-0.4, -0.2) is 15.6 Å². The van der Waals surface area contributed by atoms with Crippen LogP contribution in [0, 0.1) is 11.8 Å². The van der Waals surface area contributed by atoms with Gasteiger partial charge in [-0.1, -0.05) is 24.1 Å². The molecule has 1 amide bonds. The Morgan fingerprint density at radius 2 is 1.82 bits per heavy atom. The van der Waals surface area contributed by atoms with Crippen LogP contribution in [0.4, 0.5) is 0 Å². The van der Waals surface area contributed by atoms with E-state index in [1.165, 1.54) is 0 Å². The Balaban J connectivity index is 2.46. The zero-order valence-electron chi connectivity index (χ0n) is 12.0. The lowest BCUT2D eigenvalue weighted by molar-refractivity contribution is 0.100. The van der Waals surface area contributed by atoms with E-state index in [0.29, 0.717) is 11.3 Å². The maximum atomic E-state index is 11.9. The molecule has 1 aromatic heterocycles. The summed E-state index contributed by atoms with van der Waals surface area (Å²) in [6.45, 7) is 1.71. The van der Waals surface area contributed by atoms with Crippen LogP contribution in [0.15, 0.2) is 48.5 Å². The first-order valence-corrected chi connectivity index (χ1v) is 6.79. The molecule has 0 saturated carbocycles. The Morgan fingerprint density at radius 1 is 1.14 bits per heavy atom. The number of amides is 1. The Bertz CT molecular complexity index is 925. The Hall–Kier alpha value is -3.19. The summed E-state index contributed by atoms with van der Waals surface area (Å²) in [7, 11) is 0. The molecule has 0 aliphatic heterocycles. The van der Waals surface area contributed by atoms with Crippen molar-refractivity contribution in [2.75, 3.05) is 0 Å². The fourth-order valence-electron chi connectivity index (χ4n) is 2.60. The molecule has 0 aliphatic carbocycles. The predicted molar refractivity (Wildman–Crippen MR) is 86.0 cm³/mol. The second-order valence-electron chi connectivity index (χ2n) is 4.83. The molecule has 0 aliphatic rings. The minimum Gasteiger partial charge on any atom is -0.508 e. The first-order chi connectivity index (χ1) is 10.6. The molecule has 3 N–H and O–H groups in total. The van der Waals surface area contributed by atoms with Crippen LogP contribution in [0.2, 0.25) is 0 Å². The maximum Gasteiger partial charge on any atom is 0.252 e. The van der Waals surface area contributed by atoms with Crippen molar-refractivity contribution in [3.8, 4) is 23.3 Å². The second kappa shape index (κ2) is 5.30. The molecule has 1 heterocycles. The highest BCUT2D eigenvalue weighted by Crippen LogP contribution is 2.29. The molecule has 0 atom stereocenters. The summed E-state index contributed by atoms with van der Waals surface area (Å²) in [5.41, 5.74) is 8.19. The van der Waals surface area contributed by atoms with Crippen LogP contribution < -0.4 is 5.73 Å².